The molecule has 1 aliphatic rings. The largest absolute Gasteiger partial charge is 0.340 e. The van der Waals surface area contributed by atoms with Gasteiger partial charge in [-0.2, -0.15) is 0 Å². The van der Waals surface area contributed by atoms with Crippen molar-refractivity contribution >= 4 is 43.4 Å². The van der Waals surface area contributed by atoms with E-state index in [0.717, 1.165) is 28.2 Å². The summed E-state index contributed by atoms with van der Waals surface area (Å²) in [5.74, 6) is 1.12. The first-order chi connectivity index (χ1) is 11.3. The van der Waals surface area contributed by atoms with Crippen molar-refractivity contribution < 1.29 is 13.2 Å². The molecule has 0 atom stereocenters. The van der Waals surface area contributed by atoms with Crippen LogP contribution in [0.2, 0.25) is 0 Å². The first kappa shape index (κ1) is 19.8. The second-order valence-corrected chi connectivity index (χ2v) is 10.1. The molecule has 1 heterocycles. The first-order valence-electron chi connectivity index (χ1n) is 7.90. The summed E-state index contributed by atoms with van der Waals surface area (Å²) >= 11 is 5.19. The molecule has 0 radical (unpaired) electrons. The number of rotatable bonds is 7. The van der Waals surface area contributed by atoms with Gasteiger partial charge in [-0.1, -0.05) is 12.1 Å². The number of hydrogen-bond acceptors (Lipinski definition) is 5. The second-order valence-electron chi connectivity index (χ2n) is 5.88. The van der Waals surface area contributed by atoms with Gasteiger partial charge >= 0.3 is 0 Å². The van der Waals surface area contributed by atoms with Crippen LogP contribution in [0.4, 0.5) is 0 Å². The van der Waals surface area contributed by atoms with Gasteiger partial charge in [-0.05, 0) is 28.1 Å². The van der Waals surface area contributed by atoms with Crippen molar-refractivity contribution in [3.63, 3.8) is 0 Å². The molecule has 8 heteroatoms. The number of carbonyl (C=O) groups is 1. The average Bonchev–Trinajstić information content (AvgIpc) is 2.54. The second kappa shape index (κ2) is 9.22. The Balaban J connectivity index is 1.68. The number of piperazine rings is 1. The Morgan fingerprint density at radius 3 is 2.50 bits per heavy atom. The minimum atomic E-state index is -2.92. The molecule has 0 aromatic heterocycles. The van der Waals surface area contributed by atoms with Crippen molar-refractivity contribution in [1.29, 1.82) is 0 Å². The van der Waals surface area contributed by atoms with Gasteiger partial charge in [0.2, 0.25) is 5.91 Å². The van der Waals surface area contributed by atoms with Crippen LogP contribution in [0.15, 0.2) is 33.6 Å². The van der Waals surface area contributed by atoms with E-state index in [1.807, 2.05) is 29.2 Å². The zero-order valence-electron chi connectivity index (χ0n) is 13.8. The van der Waals surface area contributed by atoms with Crippen LogP contribution in [0.25, 0.3) is 0 Å². The summed E-state index contributed by atoms with van der Waals surface area (Å²) in [6.45, 7) is 3.42. The molecule has 24 heavy (non-hydrogen) atoms. The van der Waals surface area contributed by atoms with Crippen LogP contribution in [0, 0.1) is 0 Å². The molecule has 1 aliphatic heterocycles. The van der Waals surface area contributed by atoms with Crippen molar-refractivity contribution in [2.45, 2.75) is 11.3 Å². The fourth-order valence-corrected chi connectivity index (χ4v) is 4.58. The molecule has 1 aromatic rings. The third-order valence-corrected chi connectivity index (χ3v) is 6.87. The summed E-state index contributed by atoms with van der Waals surface area (Å²) < 4.78 is 23.5. The average molecular weight is 435 g/mol. The first-order valence-corrected chi connectivity index (χ1v) is 11.7. The van der Waals surface area contributed by atoms with Crippen molar-refractivity contribution in [2.24, 2.45) is 0 Å². The molecule has 0 N–H and O–H groups in total. The summed E-state index contributed by atoms with van der Waals surface area (Å²) in [6, 6.07) is 8.01. The number of benzene rings is 1. The van der Waals surface area contributed by atoms with Gasteiger partial charge < -0.3 is 4.90 Å². The number of nitrogens with zero attached hydrogens (tertiary/aromatic N) is 2. The Morgan fingerprint density at radius 1 is 1.21 bits per heavy atom. The zero-order chi connectivity index (χ0) is 17.6. The topological polar surface area (TPSA) is 57.7 Å². The van der Waals surface area contributed by atoms with E-state index in [9.17, 15) is 13.2 Å². The quantitative estimate of drug-likeness (QED) is 0.615. The third kappa shape index (κ3) is 6.74. The summed E-state index contributed by atoms with van der Waals surface area (Å²) in [7, 11) is -2.92. The normalized spacial score (nSPS) is 16.3. The van der Waals surface area contributed by atoms with Crippen LogP contribution >= 0.6 is 27.7 Å². The molecule has 0 unspecified atom stereocenters. The fourth-order valence-electron chi connectivity index (χ4n) is 2.48. The van der Waals surface area contributed by atoms with Crippen LogP contribution in [-0.4, -0.2) is 74.6 Å². The maximum Gasteiger partial charge on any atom is 0.223 e. The smallest absolute Gasteiger partial charge is 0.223 e. The Bertz CT molecular complexity index is 659. The minimum absolute atomic E-state index is 0.178. The lowest BCUT2D eigenvalue weighted by Crippen LogP contribution is -2.49. The van der Waals surface area contributed by atoms with E-state index < -0.39 is 9.84 Å². The Hall–Kier alpha value is -0.570. The molecule has 0 spiro atoms. The van der Waals surface area contributed by atoms with Crippen molar-refractivity contribution in [3.8, 4) is 0 Å². The van der Waals surface area contributed by atoms with Crippen LogP contribution in [0.5, 0.6) is 0 Å². The monoisotopic (exact) mass is 434 g/mol. The Morgan fingerprint density at radius 2 is 1.88 bits per heavy atom. The van der Waals surface area contributed by atoms with Gasteiger partial charge in [-0.25, -0.2) is 8.42 Å². The van der Waals surface area contributed by atoms with Gasteiger partial charge in [0, 0.05) is 60.5 Å². The van der Waals surface area contributed by atoms with Crippen LogP contribution in [-0.2, 0) is 14.6 Å². The molecule has 1 amide bonds. The third-order valence-electron chi connectivity index (χ3n) is 3.91. The van der Waals surface area contributed by atoms with Gasteiger partial charge in [0.25, 0.3) is 0 Å². The fraction of sp³-hybridized carbons (Fsp3) is 0.562. The van der Waals surface area contributed by atoms with Gasteiger partial charge in [-0.3, -0.25) is 9.69 Å². The highest BCUT2D eigenvalue weighted by Gasteiger charge is 2.21. The van der Waals surface area contributed by atoms with Gasteiger partial charge in [-0.15, -0.1) is 11.8 Å². The van der Waals surface area contributed by atoms with Crippen molar-refractivity contribution in [1.82, 2.24) is 9.80 Å². The lowest BCUT2D eigenvalue weighted by Gasteiger charge is -2.34. The summed E-state index contributed by atoms with van der Waals surface area (Å²) in [5.41, 5.74) is 0. The Labute approximate surface area is 156 Å². The van der Waals surface area contributed by atoms with E-state index >= 15 is 0 Å². The Kier molecular flexibility index (Phi) is 7.59. The summed E-state index contributed by atoms with van der Waals surface area (Å²) in [6.07, 6.45) is 1.78. The predicted molar refractivity (Wildman–Crippen MR) is 102 cm³/mol. The van der Waals surface area contributed by atoms with Gasteiger partial charge in [0.1, 0.15) is 9.84 Å². The van der Waals surface area contributed by atoms with Crippen LogP contribution in [0.3, 0.4) is 0 Å². The van der Waals surface area contributed by atoms with Gasteiger partial charge in [0.05, 0.1) is 5.75 Å². The number of carbonyl (C=O) groups excluding carboxylic acids is 1. The molecule has 1 aromatic carbocycles. The molecule has 1 fully saturated rings. The molecular formula is C16H23BrN2O3S2. The van der Waals surface area contributed by atoms with Crippen LogP contribution < -0.4 is 0 Å². The molecular weight excluding hydrogens is 412 g/mol. The molecule has 134 valence electrons. The van der Waals surface area contributed by atoms with Crippen LogP contribution in [0.1, 0.15) is 6.42 Å². The molecule has 0 saturated carbocycles. The standard InChI is InChI=1S/C16H23BrN2O3S2/c1-24(21,22)13-11-18-7-9-19(10-8-18)16(20)6-12-23-15-5-3-2-4-14(15)17/h2-5H,6-13H2,1H3. The van der Waals surface area contributed by atoms with E-state index in [2.05, 4.69) is 20.8 Å². The number of sulfone groups is 1. The van der Waals surface area contributed by atoms with E-state index in [0.29, 0.717) is 26.1 Å². The highest BCUT2D eigenvalue weighted by molar-refractivity contribution is 9.10. The van der Waals surface area contributed by atoms with E-state index in [4.69, 9.17) is 0 Å². The summed E-state index contributed by atoms with van der Waals surface area (Å²) in [5, 5.41) is 0. The number of thioether (sulfide) groups is 1. The molecule has 0 aliphatic carbocycles. The number of hydrogen-bond donors (Lipinski definition) is 0. The van der Waals surface area contributed by atoms with Gasteiger partial charge in [0.15, 0.2) is 0 Å². The SMILES string of the molecule is CS(=O)(=O)CCN1CCN(C(=O)CCSc2ccccc2Br)CC1. The highest BCUT2D eigenvalue weighted by atomic mass is 79.9. The zero-order valence-corrected chi connectivity index (χ0v) is 17.0. The molecule has 0 bridgehead atoms. The lowest BCUT2D eigenvalue weighted by atomic mass is 10.3. The lowest BCUT2D eigenvalue weighted by molar-refractivity contribution is -0.132. The molecule has 5 nitrogen and oxygen atoms in total. The molecule has 2 rings (SSSR count). The van der Waals surface area contributed by atoms with Crippen molar-refractivity contribution in [2.75, 3.05) is 50.5 Å². The predicted octanol–water partition coefficient (Wildman–Crippen LogP) is 2.12. The van der Waals surface area contributed by atoms with Crippen molar-refractivity contribution in [3.05, 3.63) is 28.7 Å². The maximum atomic E-state index is 12.3. The van der Waals surface area contributed by atoms with E-state index in [-0.39, 0.29) is 11.7 Å². The number of halogens is 1. The van der Waals surface area contributed by atoms with E-state index in [1.165, 1.54) is 6.26 Å². The van der Waals surface area contributed by atoms with E-state index in [1.54, 1.807) is 11.8 Å². The minimum Gasteiger partial charge on any atom is -0.340 e. The number of amides is 1. The maximum absolute atomic E-state index is 12.3. The molecule has 1 saturated heterocycles. The summed E-state index contributed by atoms with van der Waals surface area (Å²) in [4.78, 5) is 17.4. The highest BCUT2D eigenvalue weighted by Crippen LogP contribution is 2.27.